The number of nitrogens with one attached hydrogen (secondary N) is 1. The second-order valence-corrected chi connectivity index (χ2v) is 4.07. The second-order valence-electron chi connectivity index (χ2n) is 4.07. The maximum Gasteiger partial charge on any atom is 0.124 e. The van der Waals surface area contributed by atoms with Crippen LogP contribution in [0.3, 0.4) is 0 Å². The molecule has 17 heavy (non-hydrogen) atoms. The molecule has 3 nitrogen and oxygen atoms in total. The van der Waals surface area contributed by atoms with Crippen molar-refractivity contribution < 1.29 is 9.84 Å². The van der Waals surface area contributed by atoms with E-state index in [-0.39, 0.29) is 6.61 Å². The Bertz CT molecular complexity index is 311. The molecule has 0 radical (unpaired) electrons. The van der Waals surface area contributed by atoms with Crippen LogP contribution in [0.15, 0.2) is 24.3 Å². The Morgan fingerprint density at radius 1 is 1.29 bits per heavy atom. The second kappa shape index (κ2) is 8.09. The van der Waals surface area contributed by atoms with Crippen LogP contribution in [0.5, 0.6) is 5.75 Å². The zero-order chi connectivity index (χ0) is 12.5. The van der Waals surface area contributed by atoms with E-state index in [1.54, 1.807) is 0 Å². The Balaban J connectivity index is 2.63. The smallest absolute Gasteiger partial charge is 0.124 e. The van der Waals surface area contributed by atoms with Crippen LogP contribution in [0.25, 0.3) is 0 Å². The van der Waals surface area contributed by atoms with E-state index in [0.717, 1.165) is 25.0 Å². The highest BCUT2D eigenvalue weighted by molar-refractivity contribution is 5.35. The number of benzene rings is 1. The van der Waals surface area contributed by atoms with E-state index in [4.69, 9.17) is 9.84 Å². The topological polar surface area (TPSA) is 41.5 Å². The lowest BCUT2D eigenvalue weighted by Gasteiger charge is -2.18. The molecule has 0 heterocycles. The summed E-state index contributed by atoms with van der Waals surface area (Å²) < 4.78 is 5.77. The Hall–Kier alpha value is -1.06. The molecule has 1 rings (SSSR count). The van der Waals surface area contributed by atoms with Crippen molar-refractivity contribution in [1.29, 1.82) is 0 Å². The lowest BCUT2D eigenvalue weighted by molar-refractivity contribution is 0.251. The molecule has 0 aliphatic carbocycles. The van der Waals surface area contributed by atoms with Gasteiger partial charge >= 0.3 is 0 Å². The first-order chi connectivity index (χ1) is 8.33. The summed E-state index contributed by atoms with van der Waals surface area (Å²) in [6.07, 6.45) is 2.72. The average molecular weight is 237 g/mol. The molecule has 0 aliphatic rings. The van der Waals surface area contributed by atoms with Crippen molar-refractivity contribution in [3.05, 3.63) is 29.8 Å². The molecule has 0 aliphatic heterocycles. The molecule has 1 aromatic rings. The summed E-state index contributed by atoms with van der Waals surface area (Å²) in [7, 11) is 1.97. The molecular weight excluding hydrogens is 214 g/mol. The first kappa shape index (κ1) is 14.0. The Kier molecular flexibility index (Phi) is 6.67. The van der Waals surface area contributed by atoms with Gasteiger partial charge in [-0.25, -0.2) is 0 Å². The fourth-order valence-electron chi connectivity index (χ4n) is 1.88. The zero-order valence-electron chi connectivity index (χ0n) is 10.8. The van der Waals surface area contributed by atoms with Gasteiger partial charge in [0.1, 0.15) is 5.75 Å². The lowest BCUT2D eigenvalue weighted by Crippen LogP contribution is -2.16. The van der Waals surface area contributed by atoms with Crippen LogP contribution in [0.1, 0.15) is 37.8 Å². The van der Waals surface area contributed by atoms with Crippen LogP contribution in [-0.4, -0.2) is 25.4 Å². The summed E-state index contributed by atoms with van der Waals surface area (Å²) in [6, 6.07) is 8.48. The quantitative estimate of drug-likeness (QED) is 0.683. The van der Waals surface area contributed by atoms with Gasteiger partial charge in [0.25, 0.3) is 0 Å². The van der Waals surface area contributed by atoms with Gasteiger partial charge in [-0.05, 0) is 32.4 Å². The summed E-state index contributed by atoms with van der Waals surface area (Å²) in [5.74, 6) is 0.951. The van der Waals surface area contributed by atoms with E-state index in [2.05, 4.69) is 18.3 Å². The SMILES string of the molecule is CCC(NC)c1ccccc1OCCCCO. The number of para-hydroxylation sites is 1. The molecule has 96 valence electrons. The molecule has 1 aromatic carbocycles. The number of aliphatic hydroxyl groups excluding tert-OH is 1. The molecular formula is C14H23NO2. The van der Waals surface area contributed by atoms with E-state index in [1.807, 2.05) is 25.2 Å². The average Bonchev–Trinajstić information content (AvgIpc) is 2.38. The van der Waals surface area contributed by atoms with Crippen molar-refractivity contribution in [2.45, 2.75) is 32.2 Å². The molecule has 1 atom stereocenters. The van der Waals surface area contributed by atoms with Gasteiger partial charge in [0.2, 0.25) is 0 Å². The highest BCUT2D eigenvalue weighted by Gasteiger charge is 2.11. The van der Waals surface area contributed by atoms with Crippen LogP contribution < -0.4 is 10.1 Å². The van der Waals surface area contributed by atoms with Crippen molar-refractivity contribution in [2.75, 3.05) is 20.3 Å². The van der Waals surface area contributed by atoms with Crippen LogP contribution in [0.2, 0.25) is 0 Å². The Morgan fingerprint density at radius 3 is 2.71 bits per heavy atom. The highest BCUT2D eigenvalue weighted by atomic mass is 16.5. The van der Waals surface area contributed by atoms with Gasteiger partial charge < -0.3 is 15.2 Å². The van der Waals surface area contributed by atoms with Gasteiger partial charge in [-0.1, -0.05) is 25.1 Å². The van der Waals surface area contributed by atoms with Crippen LogP contribution in [0, 0.1) is 0 Å². The van der Waals surface area contributed by atoms with Gasteiger partial charge in [-0.3, -0.25) is 0 Å². The van der Waals surface area contributed by atoms with Crippen molar-refractivity contribution in [1.82, 2.24) is 5.32 Å². The molecule has 0 saturated carbocycles. The van der Waals surface area contributed by atoms with E-state index >= 15 is 0 Å². The summed E-state index contributed by atoms with van der Waals surface area (Å²) in [5.41, 5.74) is 1.21. The molecule has 0 aromatic heterocycles. The predicted octanol–water partition coefficient (Wildman–Crippen LogP) is 2.51. The van der Waals surface area contributed by atoms with Gasteiger partial charge in [0, 0.05) is 18.2 Å². The van der Waals surface area contributed by atoms with Crippen LogP contribution >= 0.6 is 0 Å². The van der Waals surface area contributed by atoms with E-state index in [9.17, 15) is 0 Å². The number of hydrogen-bond acceptors (Lipinski definition) is 3. The number of rotatable bonds is 8. The third kappa shape index (κ3) is 4.36. The minimum atomic E-state index is 0.235. The maximum absolute atomic E-state index is 8.72. The molecule has 3 heteroatoms. The molecule has 0 spiro atoms. The maximum atomic E-state index is 8.72. The van der Waals surface area contributed by atoms with Crippen LogP contribution in [0.4, 0.5) is 0 Å². The molecule has 1 unspecified atom stereocenters. The van der Waals surface area contributed by atoms with Crippen LogP contribution in [-0.2, 0) is 0 Å². The van der Waals surface area contributed by atoms with E-state index in [0.29, 0.717) is 12.6 Å². The first-order valence-electron chi connectivity index (χ1n) is 6.33. The summed E-state index contributed by atoms with van der Waals surface area (Å²) >= 11 is 0. The number of hydrogen-bond donors (Lipinski definition) is 2. The summed E-state index contributed by atoms with van der Waals surface area (Å²) in [4.78, 5) is 0. The molecule has 0 saturated heterocycles. The third-order valence-corrected chi connectivity index (χ3v) is 2.86. The largest absolute Gasteiger partial charge is 0.493 e. The van der Waals surface area contributed by atoms with E-state index < -0.39 is 0 Å². The molecule has 2 N–H and O–H groups in total. The Labute approximate surface area is 104 Å². The normalized spacial score (nSPS) is 12.4. The van der Waals surface area contributed by atoms with Crippen molar-refractivity contribution in [2.24, 2.45) is 0 Å². The van der Waals surface area contributed by atoms with Crippen molar-refractivity contribution in [3.8, 4) is 5.75 Å². The predicted molar refractivity (Wildman–Crippen MR) is 70.3 cm³/mol. The standard InChI is InChI=1S/C14H23NO2/c1-3-13(15-2)12-8-4-5-9-14(12)17-11-7-6-10-16/h4-5,8-9,13,15-16H,3,6-7,10-11H2,1-2H3. The van der Waals surface area contributed by atoms with Crippen molar-refractivity contribution >= 4 is 0 Å². The Morgan fingerprint density at radius 2 is 2.06 bits per heavy atom. The number of unbranched alkanes of at least 4 members (excludes halogenated alkanes) is 1. The molecule has 0 bridgehead atoms. The summed E-state index contributed by atoms with van der Waals surface area (Å²) in [6.45, 7) is 3.06. The van der Waals surface area contributed by atoms with Gasteiger partial charge in [-0.15, -0.1) is 0 Å². The monoisotopic (exact) mass is 237 g/mol. The molecule has 0 fully saturated rings. The fraction of sp³-hybridized carbons (Fsp3) is 0.571. The first-order valence-corrected chi connectivity index (χ1v) is 6.33. The zero-order valence-corrected chi connectivity index (χ0v) is 10.8. The summed E-state index contributed by atoms with van der Waals surface area (Å²) in [5, 5.41) is 12.0. The third-order valence-electron chi connectivity index (χ3n) is 2.86. The van der Waals surface area contributed by atoms with Gasteiger partial charge in [-0.2, -0.15) is 0 Å². The van der Waals surface area contributed by atoms with Gasteiger partial charge in [0.15, 0.2) is 0 Å². The van der Waals surface area contributed by atoms with E-state index in [1.165, 1.54) is 5.56 Å². The number of aliphatic hydroxyl groups is 1. The minimum Gasteiger partial charge on any atom is -0.493 e. The molecule has 0 amide bonds. The fourth-order valence-corrected chi connectivity index (χ4v) is 1.88. The highest BCUT2D eigenvalue weighted by Crippen LogP contribution is 2.26. The lowest BCUT2D eigenvalue weighted by atomic mass is 10.0. The van der Waals surface area contributed by atoms with Gasteiger partial charge in [0.05, 0.1) is 6.61 Å². The minimum absolute atomic E-state index is 0.235. The number of ether oxygens (including phenoxy) is 1. The van der Waals surface area contributed by atoms with Crippen molar-refractivity contribution in [3.63, 3.8) is 0 Å².